The first-order chi connectivity index (χ1) is 8.56. The van der Waals surface area contributed by atoms with Crippen LogP contribution >= 0.6 is 15.9 Å². The molecule has 18 heavy (non-hydrogen) atoms. The van der Waals surface area contributed by atoms with E-state index in [9.17, 15) is 4.39 Å². The molecule has 4 nitrogen and oxygen atoms in total. The number of nitrogens with two attached hydrogens (primary N) is 1. The van der Waals surface area contributed by atoms with Gasteiger partial charge < -0.3 is 16.3 Å². The molecule has 0 bridgehead atoms. The highest BCUT2D eigenvalue weighted by Crippen LogP contribution is 2.15. The van der Waals surface area contributed by atoms with Gasteiger partial charge >= 0.3 is 0 Å². The molecule has 0 heterocycles. The lowest BCUT2D eigenvalue weighted by Gasteiger charge is -2.16. The summed E-state index contributed by atoms with van der Waals surface area (Å²) in [6.07, 6.45) is 1.24. The third-order valence-corrected chi connectivity index (χ3v) is 3.16. The summed E-state index contributed by atoms with van der Waals surface area (Å²) in [6, 6.07) is 4.87. The van der Waals surface area contributed by atoms with E-state index in [0.29, 0.717) is 18.5 Å². The minimum Gasteiger partial charge on any atom is -0.409 e. The van der Waals surface area contributed by atoms with E-state index >= 15 is 0 Å². The first-order valence-corrected chi connectivity index (χ1v) is 6.49. The van der Waals surface area contributed by atoms with Crippen molar-refractivity contribution in [3.05, 3.63) is 34.1 Å². The van der Waals surface area contributed by atoms with Gasteiger partial charge in [0.25, 0.3) is 0 Å². The first-order valence-electron chi connectivity index (χ1n) is 5.70. The highest BCUT2D eigenvalue weighted by molar-refractivity contribution is 9.10. The Morgan fingerprint density at radius 1 is 1.61 bits per heavy atom. The molecule has 1 rings (SSSR count). The molecule has 6 heteroatoms. The average molecular weight is 318 g/mol. The van der Waals surface area contributed by atoms with Gasteiger partial charge in [-0.25, -0.2) is 4.39 Å². The minimum absolute atomic E-state index is 0.0549. The van der Waals surface area contributed by atoms with Gasteiger partial charge in [0.1, 0.15) is 11.7 Å². The number of hydrogen-bond donors (Lipinski definition) is 3. The monoisotopic (exact) mass is 317 g/mol. The quantitative estimate of drug-likeness (QED) is 0.327. The van der Waals surface area contributed by atoms with Gasteiger partial charge in [-0.1, -0.05) is 28.0 Å². The Balaban J connectivity index is 2.59. The number of amidine groups is 1. The smallest absolute Gasteiger partial charge is 0.140 e. The van der Waals surface area contributed by atoms with E-state index in [4.69, 9.17) is 10.9 Å². The molecule has 1 unspecified atom stereocenters. The molecule has 1 aromatic rings. The molecular formula is C12H17BrFN3O. The van der Waals surface area contributed by atoms with Gasteiger partial charge in [0.05, 0.1) is 0 Å². The van der Waals surface area contributed by atoms with Crippen LogP contribution < -0.4 is 11.1 Å². The zero-order valence-corrected chi connectivity index (χ0v) is 11.7. The molecule has 0 saturated heterocycles. The van der Waals surface area contributed by atoms with Crippen molar-refractivity contribution in [3.8, 4) is 0 Å². The lowest BCUT2D eigenvalue weighted by atomic mass is 10.1. The summed E-state index contributed by atoms with van der Waals surface area (Å²) < 4.78 is 14.3. The van der Waals surface area contributed by atoms with Crippen LogP contribution in [0.4, 0.5) is 4.39 Å². The largest absolute Gasteiger partial charge is 0.409 e. The van der Waals surface area contributed by atoms with Crippen LogP contribution in [0.2, 0.25) is 0 Å². The predicted octanol–water partition coefficient (Wildman–Crippen LogP) is 2.59. The Kier molecular flexibility index (Phi) is 6.07. The number of nitrogens with zero attached hydrogens (tertiary/aromatic N) is 1. The number of halogens is 2. The van der Waals surface area contributed by atoms with Gasteiger partial charge in [0.15, 0.2) is 0 Å². The van der Waals surface area contributed by atoms with Crippen LogP contribution in [0, 0.1) is 5.82 Å². The topological polar surface area (TPSA) is 70.6 Å². The van der Waals surface area contributed by atoms with Crippen molar-refractivity contribution in [3.63, 3.8) is 0 Å². The van der Waals surface area contributed by atoms with Gasteiger partial charge in [-0.15, -0.1) is 0 Å². The number of benzene rings is 1. The van der Waals surface area contributed by atoms with Crippen LogP contribution in [0.3, 0.4) is 0 Å². The number of hydrogen-bond acceptors (Lipinski definition) is 3. The minimum atomic E-state index is -0.246. The lowest BCUT2D eigenvalue weighted by molar-refractivity contribution is 0.315. The first kappa shape index (κ1) is 14.9. The molecule has 4 N–H and O–H groups in total. The number of rotatable bonds is 6. The normalized spacial score (nSPS) is 13.6. The SMILES string of the molecule is CCC(C/C(N)=N/O)NCc1cc(Br)ccc1F. The number of oxime groups is 1. The van der Waals surface area contributed by atoms with Gasteiger partial charge in [-0.3, -0.25) is 0 Å². The highest BCUT2D eigenvalue weighted by Gasteiger charge is 2.10. The third kappa shape index (κ3) is 4.62. The van der Waals surface area contributed by atoms with Crippen molar-refractivity contribution >= 4 is 21.8 Å². The second-order valence-electron chi connectivity index (χ2n) is 4.02. The van der Waals surface area contributed by atoms with Crippen LogP contribution in [-0.2, 0) is 6.54 Å². The van der Waals surface area contributed by atoms with Crippen molar-refractivity contribution < 1.29 is 9.60 Å². The molecule has 100 valence electrons. The fraction of sp³-hybridized carbons (Fsp3) is 0.417. The molecular weight excluding hydrogens is 301 g/mol. The molecule has 0 aliphatic rings. The van der Waals surface area contributed by atoms with Crippen molar-refractivity contribution in [2.24, 2.45) is 10.9 Å². The summed E-state index contributed by atoms with van der Waals surface area (Å²) in [5.41, 5.74) is 6.04. The molecule has 0 aliphatic heterocycles. The van der Waals surface area contributed by atoms with E-state index in [0.717, 1.165) is 10.9 Å². The summed E-state index contributed by atoms with van der Waals surface area (Å²) in [6.45, 7) is 2.39. The average Bonchev–Trinajstić information content (AvgIpc) is 2.37. The summed E-state index contributed by atoms with van der Waals surface area (Å²) in [4.78, 5) is 0. The maximum absolute atomic E-state index is 13.5. The lowest BCUT2D eigenvalue weighted by Crippen LogP contribution is -2.33. The standard InChI is InChI=1S/C12H17BrFN3O/c1-2-10(6-12(15)17-18)16-7-8-5-9(13)3-4-11(8)14/h3-5,10,16,18H,2,6-7H2,1H3,(H2,15,17). The van der Waals surface area contributed by atoms with Crippen molar-refractivity contribution in [1.82, 2.24) is 5.32 Å². The van der Waals surface area contributed by atoms with E-state index in [2.05, 4.69) is 26.4 Å². The second kappa shape index (κ2) is 7.33. The summed E-state index contributed by atoms with van der Waals surface area (Å²) in [7, 11) is 0. The zero-order valence-electron chi connectivity index (χ0n) is 10.2. The van der Waals surface area contributed by atoms with E-state index in [-0.39, 0.29) is 17.7 Å². The Bertz CT molecular complexity index is 426. The van der Waals surface area contributed by atoms with Crippen molar-refractivity contribution in [2.45, 2.75) is 32.4 Å². The van der Waals surface area contributed by atoms with E-state index in [1.165, 1.54) is 6.07 Å². The Morgan fingerprint density at radius 2 is 2.33 bits per heavy atom. The van der Waals surface area contributed by atoms with E-state index in [1.54, 1.807) is 12.1 Å². The molecule has 0 aliphatic carbocycles. The molecule has 0 saturated carbocycles. The van der Waals surface area contributed by atoms with E-state index in [1.807, 2.05) is 6.92 Å². The van der Waals surface area contributed by atoms with Crippen molar-refractivity contribution in [2.75, 3.05) is 0 Å². The molecule has 0 spiro atoms. The maximum Gasteiger partial charge on any atom is 0.140 e. The fourth-order valence-corrected chi connectivity index (χ4v) is 2.00. The molecule has 0 amide bonds. The maximum atomic E-state index is 13.5. The fourth-order valence-electron chi connectivity index (χ4n) is 1.59. The van der Waals surface area contributed by atoms with Crippen LogP contribution in [0.1, 0.15) is 25.3 Å². The summed E-state index contributed by atoms with van der Waals surface area (Å²) in [5, 5.41) is 14.6. The van der Waals surface area contributed by atoms with Gasteiger partial charge in [-0.2, -0.15) is 0 Å². The molecule has 0 radical (unpaired) electrons. The van der Waals surface area contributed by atoms with Crippen LogP contribution in [-0.4, -0.2) is 17.1 Å². The highest BCUT2D eigenvalue weighted by atomic mass is 79.9. The summed E-state index contributed by atoms with van der Waals surface area (Å²) in [5.74, 6) is -0.0755. The molecule has 1 aromatic carbocycles. The molecule has 0 fully saturated rings. The third-order valence-electron chi connectivity index (χ3n) is 2.67. The number of nitrogens with one attached hydrogen (secondary N) is 1. The molecule has 0 aromatic heterocycles. The van der Waals surface area contributed by atoms with E-state index < -0.39 is 0 Å². The molecule has 1 atom stereocenters. The van der Waals surface area contributed by atoms with Gasteiger partial charge in [-0.05, 0) is 24.6 Å². The summed E-state index contributed by atoms with van der Waals surface area (Å²) >= 11 is 3.31. The zero-order chi connectivity index (χ0) is 13.5. The van der Waals surface area contributed by atoms with Crippen LogP contribution in [0.25, 0.3) is 0 Å². The Labute approximate surface area is 114 Å². The predicted molar refractivity (Wildman–Crippen MR) is 73.0 cm³/mol. The van der Waals surface area contributed by atoms with Gasteiger partial charge in [0.2, 0.25) is 0 Å². The Morgan fingerprint density at radius 3 is 2.94 bits per heavy atom. The van der Waals surface area contributed by atoms with Crippen LogP contribution in [0.5, 0.6) is 0 Å². The van der Waals surface area contributed by atoms with Crippen LogP contribution in [0.15, 0.2) is 27.8 Å². The Hall–Kier alpha value is -1.14. The van der Waals surface area contributed by atoms with Gasteiger partial charge in [0, 0.05) is 29.0 Å². The second-order valence-corrected chi connectivity index (χ2v) is 4.93. The van der Waals surface area contributed by atoms with Crippen molar-refractivity contribution in [1.29, 1.82) is 0 Å².